The van der Waals surface area contributed by atoms with Gasteiger partial charge >= 0.3 is 0 Å². The van der Waals surface area contributed by atoms with Gasteiger partial charge in [0.05, 0.1) is 5.02 Å². The lowest BCUT2D eigenvalue weighted by Gasteiger charge is -2.28. The van der Waals surface area contributed by atoms with Crippen LogP contribution in [0.2, 0.25) is 5.02 Å². The number of benzene rings is 2. The van der Waals surface area contributed by atoms with E-state index >= 15 is 0 Å². The highest BCUT2D eigenvalue weighted by Gasteiger charge is 2.27. The highest BCUT2D eigenvalue weighted by Crippen LogP contribution is 2.32. The number of hydrogen-bond donors (Lipinski definition) is 2. The highest BCUT2D eigenvalue weighted by atomic mass is 35.5. The van der Waals surface area contributed by atoms with Crippen molar-refractivity contribution in [3.8, 4) is 17.2 Å². The molecular weight excluding hydrogens is 506 g/mol. The summed E-state index contributed by atoms with van der Waals surface area (Å²) in [6.07, 6.45) is 3.83. The fraction of sp³-hybridized carbons (Fsp3) is 0.321. The first kappa shape index (κ1) is 25.8. The van der Waals surface area contributed by atoms with Crippen molar-refractivity contribution >= 4 is 40.3 Å². The Morgan fingerprint density at radius 3 is 2.84 bits per heavy atom. The molecule has 0 radical (unpaired) electrons. The average molecular weight is 536 g/mol. The van der Waals surface area contributed by atoms with E-state index in [0.29, 0.717) is 58.1 Å². The molecule has 2 N–H and O–H groups in total. The van der Waals surface area contributed by atoms with Crippen molar-refractivity contribution in [1.29, 1.82) is 0 Å². The Balaban J connectivity index is 1.27. The molecule has 10 heteroatoms. The number of hydrogen-bond acceptors (Lipinski definition) is 8. The third-order valence-corrected chi connectivity index (χ3v) is 6.80. The fourth-order valence-corrected chi connectivity index (χ4v) is 4.78. The minimum atomic E-state index is -0.287. The molecule has 1 fully saturated rings. The number of carbonyl (C=O) groups excluding carboxylic acids is 1. The van der Waals surface area contributed by atoms with Gasteiger partial charge in [-0.2, -0.15) is 4.98 Å². The molecule has 1 atom stereocenters. The minimum absolute atomic E-state index is 0.269. The van der Waals surface area contributed by atoms with E-state index in [2.05, 4.69) is 39.3 Å². The van der Waals surface area contributed by atoms with Gasteiger partial charge in [-0.15, -0.1) is 0 Å². The molecule has 1 aliphatic heterocycles. The molecule has 0 spiro atoms. The van der Waals surface area contributed by atoms with Crippen LogP contribution in [-0.4, -0.2) is 53.1 Å². The zero-order valence-corrected chi connectivity index (χ0v) is 22.3. The van der Waals surface area contributed by atoms with Gasteiger partial charge in [0.15, 0.2) is 5.58 Å². The molecule has 1 aliphatic rings. The number of nitrogens with zero attached hydrogens (tertiary/aromatic N) is 3. The normalized spacial score (nSPS) is 15.7. The summed E-state index contributed by atoms with van der Waals surface area (Å²) in [5.41, 5.74) is 2.23. The number of anilines is 2. The maximum atomic E-state index is 11.8. The fourth-order valence-electron chi connectivity index (χ4n) is 4.61. The van der Waals surface area contributed by atoms with E-state index in [1.165, 1.54) is 12.6 Å². The van der Waals surface area contributed by atoms with Gasteiger partial charge in [-0.1, -0.05) is 11.6 Å². The summed E-state index contributed by atoms with van der Waals surface area (Å²) in [4.78, 5) is 22.9. The van der Waals surface area contributed by atoms with Gasteiger partial charge in [0, 0.05) is 49.2 Å². The Hall–Kier alpha value is -3.82. The summed E-state index contributed by atoms with van der Waals surface area (Å²) >= 11 is 6.42. The van der Waals surface area contributed by atoms with Crippen molar-refractivity contribution in [3.63, 3.8) is 0 Å². The van der Waals surface area contributed by atoms with Crippen LogP contribution in [0.5, 0.6) is 17.2 Å². The molecule has 2 aromatic carbocycles. The molecule has 1 amide bonds. The number of fused-ring (bicyclic) bond motifs is 1. The third kappa shape index (κ3) is 5.84. The van der Waals surface area contributed by atoms with Crippen LogP contribution in [0.4, 0.5) is 11.7 Å². The Bertz CT molecular complexity index is 1440. The molecule has 2 aromatic heterocycles. The molecule has 3 heterocycles. The van der Waals surface area contributed by atoms with Crippen LogP contribution in [0.1, 0.15) is 37.2 Å². The Kier molecular flexibility index (Phi) is 7.67. The number of ether oxygens (including phenoxy) is 2. The first-order valence-corrected chi connectivity index (χ1v) is 13.0. The maximum Gasteiger partial charge on any atom is 0.300 e. The lowest BCUT2D eigenvalue weighted by Crippen LogP contribution is -2.39. The van der Waals surface area contributed by atoms with E-state index in [0.717, 1.165) is 18.7 Å². The van der Waals surface area contributed by atoms with Gasteiger partial charge < -0.3 is 24.5 Å². The number of carbonyl (C=O) groups is 1. The van der Waals surface area contributed by atoms with Crippen molar-refractivity contribution in [2.45, 2.75) is 38.8 Å². The second-order valence-electron chi connectivity index (χ2n) is 9.42. The molecule has 1 saturated heterocycles. The molecule has 0 bridgehead atoms. The summed E-state index contributed by atoms with van der Waals surface area (Å²) in [5.74, 6) is 1.37. The Labute approximate surface area is 226 Å². The van der Waals surface area contributed by atoms with Crippen molar-refractivity contribution < 1.29 is 18.7 Å². The predicted octanol–water partition coefficient (Wildman–Crippen LogP) is 6.02. The van der Waals surface area contributed by atoms with Crippen molar-refractivity contribution in [2.75, 3.05) is 25.5 Å². The first-order valence-electron chi connectivity index (χ1n) is 12.6. The van der Waals surface area contributed by atoms with Crippen molar-refractivity contribution in [2.24, 2.45) is 0 Å². The predicted molar refractivity (Wildman–Crippen MR) is 147 cm³/mol. The summed E-state index contributed by atoms with van der Waals surface area (Å²) < 4.78 is 17.9. The molecule has 198 valence electrons. The molecule has 9 nitrogen and oxygen atoms in total. The largest absolute Gasteiger partial charge is 0.490 e. The lowest BCUT2D eigenvalue weighted by molar-refractivity contribution is 0.0958. The van der Waals surface area contributed by atoms with Crippen molar-refractivity contribution in [3.05, 3.63) is 65.4 Å². The van der Waals surface area contributed by atoms with Gasteiger partial charge in [0.2, 0.25) is 0 Å². The molecule has 0 saturated carbocycles. The number of pyridine rings is 1. The van der Waals surface area contributed by atoms with E-state index in [-0.39, 0.29) is 11.6 Å². The maximum absolute atomic E-state index is 11.8. The smallest absolute Gasteiger partial charge is 0.300 e. The number of aromatic nitrogens is 2. The van der Waals surface area contributed by atoms with Gasteiger partial charge in [-0.25, -0.2) is 0 Å². The van der Waals surface area contributed by atoms with E-state index < -0.39 is 0 Å². The van der Waals surface area contributed by atoms with E-state index in [1.807, 2.05) is 12.1 Å². The van der Waals surface area contributed by atoms with Crippen LogP contribution < -0.4 is 20.1 Å². The highest BCUT2D eigenvalue weighted by molar-refractivity contribution is 6.32. The van der Waals surface area contributed by atoms with Gasteiger partial charge in [-0.3, -0.25) is 14.7 Å². The number of nitrogens with one attached hydrogen (secondary N) is 2. The second kappa shape index (κ2) is 11.3. The molecule has 0 aliphatic carbocycles. The number of oxazole rings is 1. The van der Waals surface area contributed by atoms with Gasteiger partial charge in [0.1, 0.15) is 35.1 Å². The Morgan fingerprint density at radius 2 is 2.03 bits per heavy atom. The van der Waals surface area contributed by atoms with Gasteiger partial charge in [-0.05, 0) is 63.6 Å². The Morgan fingerprint density at radius 1 is 1.18 bits per heavy atom. The molecule has 38 heavy (non-hydrogen) atoms. The molecule has 0 unspecified atom stereocenters. The number of amides is 1. The number of likely N-dealkylation sites (tertiary alicyclic amines) is 1. The van der Waals surface area contributed by atoms with Crippen LogP contribution in [-0.2, 0) is 0 Å². The SMILES string of the molecule is CNC(=O)c1cc(Oc2ccc3oc(Nc4ccc(Cl)c(OC[C@@H]5CCCN5C(C)C)c4)nc3c2)ccn1. The standard InChI is InChI=1S/C28H30ClN5O4/c1-17(2)34-12-4-5-19(34)16-36-26-13-18(6-8-22(26)29)32-28-33-23-14-20(7-9-25(23)38-28)37-21-10-11-31-24(15-21)27(35)30-3/h6-11,13-15,17,19H,4-5,12,16H2,1-3H3,(H,30,35)(H,32,33)/t19-/m0/s1. The van der Waals surface area contributed by atoms with E-state index in [1.54, 1.807) is 43.4 Å². The van der Waals surface area contributed by atoms with E-state index in [4.69, 9.17) is 25.5 Å². The topological polar surface area (TPSA) is 102 Å². The summed E-state index contributed by atoms with van der Waals surface area (Å²) in [5, 5.41) is 6.29. The number of rotatable bonds is 9. The molecule has 4 aromatic rings. The van der Waals surface area contributed by atoms with Crippen LogP contribution >= 0.6 is 11.6 Å². The number of halogens is 1. The van der Waals surface area contributed by atoms with E-state index in [9.17, 15) is 4.79 Å². The minimum Gasteiger partial charge on any atom is -0.490 e. The van der Waals surface area contributed by atoms with Crippen LogP contribution in [0.25, 0.3) is 11.1 Å². The van der Waals surface area contributed by atoms with Crippen molar-refractivity contribution in [1.82, 2.24) is 20.2 Å². The van der Waals surface area contributed by atoms with Crippen LogP contribution in [0.3, 0.4) is 0 Å². The zero-order valence-electron chi connectivity index (χ0n) is 21.5. The summed E-state index contributed by atoms with van der Waals surface area (Å²) in [6, 6.07) is 15.3. The first-order chi connectivity index (χ1) is 18.4. The molecular formula is C28H30ClN5O4. The van der Waals surface area contributed by atoms with Crippen LogP contribution in [0, 0.1) is 0 Å². The van der Waals surface area contributed by atoms with Gasteiger partial charge in [0.25, 0.3) is 11.9 Å². The zero-order chi connectivity index (χ0) is 26.6. The second-order valence-corrected chi connectivity index (χ2v) is 9.82. The lowest BCUT2D eigenvalue weighted by atomic mass is 10.2. The third-order valence-electron chi connectivity index (χ3n) is 6.49. The summed E-state index contributed by atoms with van der Waals surface area (Å²) in [7, 11) is 1.55. The summed E-state index contributed by atoms with van der Waals surface area (Å²) in [6.45, 7) is 6.13. The monoisotopic (exact) mass is 535 g/mol. The van der Waals surface area contributed by atoms with Crippen LogP contribution in [0.15, 0.2) is 59.1 Å². The average Bonchev–Trinajstić information content (AvgIpc) is 3.55. The quantitative estimate of drug-likeness (QED) is 0.268. The molecule has 5 rings (SSSR count).